The Kier molecular flexibility index (Phi) is 6.58. The highest BCUT2D eigenvalue weighted by Gasteiger charge is 2.20. The second-order valence-corrected chi connectivity index (χ2v) is 3.87. The van der Waals surface area contributed by atoms with Gasteiger partial charge in [0, 0.05) is 0 Å². The predicted molar refractivity (Wildman–Crippen MR) is 53.8 cm³/mol. The summed E-state index contributed by atoms with van der Waals surface area (Å²) in [6.07, 6.45) is 2.18. The fraction of sp³-hybridized carbons (Fsp3) is 0.875. The number of thioether (sulfide) groups is 1. The van der Waals surface area contributed by atoms with Crippen LogP contribution in [0.25, 0.3) is 0 Å². The normalized spacial score (nSPS) is 12.6. The summed E-state index contributed by atoms with van der Waals surface area (Å²) in [5.41, 5.74) is 0. The predicted octanol–water partition coefficient (Wildman–Crippen LogP) is 1.83. The maximum absolute atomic E-state index is 11.2. The fourth-order valence-corrected chi connectivity index (χ4v) is 1.21. The van der Waals surface area contributed by atoms with Gasteiger partial charge in [-0.25, -0.2) is 4.79 Å². The van der Waals surface area contributed by atoms with Crippen molar-refractivity contribution in [3.05, 3.63) is 4.91 Å². The van der Waals surface area contributed by atoms with E-state index in [1.54, 1.807) is 25.6 Å². The highest BCUT2D eigenvalue weighted by Crippen LogP contribution is 2.07. The van der Waals surface area contributed by atoms with Crippen LogP contribution in [0, 0.1) is 4.91 Å². The largest absolute Gasteiger partial charge is 0.461 e. The molecule has 1 atom stereocenters. The first-order chi connectivity index (χ1) is 6.11. The van der Waals surface area contributed by atoms with E-state index in [2.05, 4.69) is 5.18 Å². The van der Waals surface area contributed by atoms with Crippen molar-refractivity contribution >= 4 is 17.7 Å². The number of ether oxygens (including phenoxy) is 1. The molecule has 0 radical (unpaired) electrons. The van der Waals surface area contributed by atoms with Crippen LogP contribution in [0.1, 0.15) is 20.3 Å². The lowest BCUT2D eigenvalue weighted by atomic mass is 10.2. The van der Waals surface area contributed by atoms with Gasteiger partial charge < -0.3 is 4.74 Å². The van der Waals surface area contributed by atoms with E-state index in [1.807, 2.05) is 6.26 Å². The molecule has 0 bridgehead atoms. The SMILES string of the molecule is CSCC[C@H](N=O)C(=O)OC(C)C. The number of rotatable bonds is 6. The van der Waals surface area contributed by atoms with Crippen LogP contribution in [-0.2, 0) is 9.53 Å². The molecule has 13 heavy (non-hydrogen) atoms. The highest BCUT2D eigenvalue weighted by molar-refractivity contribution is 7.98. The third-order valence-electron chi connectivity index (χ3n) is 1.35. The minimum absolute atomic E-state index is 0.189. The summed E-state index contributed by atoms with van der Waals surface area (Å²) in [6, 6.07) is -0.838. The molecule has 76 valence electrons. The summed E-state index contributed by atoms with van der Waals surface area (Å²) < 4.78 is 4.86. The van der Waals surface area contributed by atoms with Gasteiger partial charge in [-0.1, -0.05) is 5.18 Å². The maximum Gasteiger partial charge on any atom is 0.334 e. The van der Waals surface area contributed by atoms with Crippen molar-refractivity contribution in [1.29, 1.82) is 0 Å². The van der Waals surface area contributed by atoms with Crippen molar-refractivity contribution in [3.8, 4) is 0 Å². The number of esters is 1. The summed E-state index contributed by atoms with van der Waals surface area (Å²) in [7, 11) is 0. The summed E-state index contributed by atoms with van der Waals surface area (Å²) in [5.74, 6) is 0.225. The average molecular weight is 205 g/mol. The van der Waals surface area contributed by atoms with E-state index in [9.17, 15) is 9.70 Å². The first-order valence-corrected chi connectivity index (χ1v) is 5.53. The Balaban J connectivity index is 3.92. The number of hydrogen-bond acceptors (Lipinski definition) is 5. The van der Waals surface area contributed by atoms with Crippen LogP contribution >= 0.6 is 11.8 Å². The van der Waals surface area contributed by atoms with Gasteiger partial charge >= 0.3 is 5.97 Å². The number of carbonyl (C=O) groups is 1. The van der Waals surface area contributed by atoms with Gasteiger partial charge in [0.25, 0.3) is 0 Å². The van der Waals surface area contributed by atoms with E-state index in [0.29, 0.717) is 6.42 Å². The molecule has 0 rings (SSSR count). The van der Waals surface area contributed by atoms with Crippen LogP contribution in [0.2, 0.25) is 0 Å². The smallest absolute Gasteiger partial charge is 0.334 e. The zero-order valence-corrected chi connectivity index (χ0v) is 8.97. The molecule has 0 amide bonds. The summed E-state index contributed by atoms with van der Waals surface area (Å²) in [6.45, 7) is 3.49. The van der Waals surface area contributed by atoms with Crippen molar-refractivity contribution in [2.75, 3.05) is 12.0 Å². The van der Waals surface area contributed by atoms with Crippen LogP contribution in [0.3, 0.4) is 0 Å². The van der Waals surface area contributed by atoms with Crippen molar-refractivity contribution in [2.45, 2.75) is 32.4 Å². The van der Waals surface area contributed by atoms with Crippen molar-refractivity contribution in [1.82, 2.24) is 0 Å². The van der Waals surface area contributed by atoms with Gasteiger partial charge in [0.2, 0.25) is 0 Å². The Morgan fingerprint density at radius 2 is 2.15 bits per heavy atom. The van der Waals surface area contributed by atoms with Crippen molar-refractivity contribution in [2.24, 2.45) is 5.18 Å². The molecule has 0 aliphatic heterocycles. The van der Waals surface area contributed by atoms with Gasteiger partial charge in [-0.15, -0.1) is 4.91 Å². The Morgan fingerprint density at radius 3 is 2.54 bits per heavy atom. The molecular weight excluding hydrogens is 190 g/mol. The zero-order valence-electron chi connectivity index (χ0n) is 8.15. The molecular formula is C8H15NO3S. The molecule has 0 saturated heterocycles. The van der Waals surface area contributed by atoms with E-state index in [4.69, 9.17) is 4.74 Å². The van der Waals surface area contributed by atoms with E-state index in [0.717, 1.165) is 5.75 Å². The molecule has 0 aromatic rings. The standard InChI is InChI=1S/C8H15NO3S/c1-6(2)12-8(10)7(9-11)4-5-13-3/h6-7H,4-5H2,1-3H3/t7-/m0/s1. The molecule has 0 spiro atoms. The lowest BCUT2D eigenvalue weighted by molar-refractivity contribution is -0.148. The van der Waals surface area contributed by atoms with Crippen molar-refractivity contribution < 1.29 is 9.53 Å². The minimum atomic E-state index is -0.838. The zero-order chi connectivity index (χ0) is 10.3. The van der Waals surface area contributed by atoms with Crippen LogP contribution in [0.5, 0.6) is 0 Å². The van der Waals surface area contributed by atoms with E-state index in [-0.39, 0.29) is 6.10 Å². The number of carbonyl (C=O) groups excluding carboxylic acids is 1. The molecule has 0 aromatic carbocycles. The average Bonchev–Trinajstić information content (AvgIpc) is 2.04. The lowest BCUT2D eigenvalue weighted by Crippen LogP contribution is -2.24. The Morgan fingerprint density at radius 1 is 1.54 bits per heavy atom. The van der Waals surface area contributed by atoms with E-state index < -0.39 is 12.0 Å². The van der Waals surface area contributed by atoms with E-state index >= 15 is 0 Å². The molecule has 4 nitrogen and oxygen atoms in total. The summed E-state index contributed by atoms with van der Waals surface area (Å²) >= 11 is 1.57. The molecule has 0 N–H and O–H groups in total. The quantitative estimate of drug-likeness (QED) is 0.490. The van der Waals surface area contributed by atoms with Gasteiger partial charge in [-0.2, -0.15) is 11.8 Å². The minimum Gasteiger partial charge on any atom is -0.461 e. The molecule has 0 saturated carbocycles. The molecule has 0 aliphatic rings. The molecule has 0 fully saturated rings. The first-order valence-electron chi connectivity index (χ1n) is 4.13. The van der Waals surface area contributed by atoms with Crippen LogP contribution in [-0.4, -0.2) is 30.1 Å². The van der Waals surface area contributed by atoms with Gasteiger partial charge in [-0.05, 0) is 32.3 Å². The van der Waals surface area contributed by atoms with E-state index in [1.165, 1.54) is 0 Å². The van der Waals surface area contributed by atoms with Crippen molar-refractivity contribution in [3.63, 3.8) is 0 Å². The summed E-state index contributed by atoms with van der Waals surface area (Å²) in [4.78, 5) is 21.4. The second-order valence-electron chi connectivity index (χ2n) is 2.89. The second kappa shape index (κ2) is 6.88. The molecule has 0 unspecified atom stereocenters. The lowest BCUT2D eigenvalue weighted by Gasteiger charge is -2.11. The highest BCUT2D eigenvalue weighted by atomic mass is 32.2. The topological polar surface area (TPSA) is 55.7 Å². The fourth-order valence-electron chi connectivity index (χ4n) is 0.754. The van der Waals surface area contributed by atoms with Gasteiger partial charge in [0.15, 0.2) is 6.04 Å². The van der Waals surface area contributed by atoms with Gasteiger partial charge in [0.1, 0.15) is 0 Å². The molecule has 0 aliphatic carbocycles. The monoisotopic (exact) mass is 205 g/mol. The van der Waals surface area contributed by atoms with Gasteiger partial charge in [0.05, 0.1) is 6.10 Å². The molecule has 0 aromatic heterocycles. The molecule has 5 heteroatoms. The third-order valence-corrected chi connectivity index (χ3v) is 1.99. The number of nitroso groups, excluding NO2 is 1. The third kappa shape index (κ3) is 5.63. The number of nitrogens with zero attached hydrogens (tertiary/aromatic N) is 1. The summed E-state index contributed by atoms with van der Waals surface area (Å²) in [5, 5.41) is 2.74. The van der Waals surface area contributed by atoms with Gasteiger partial charge in [-0.3, -0.25) is 0 Å². The molecule has 0 heterocycles. The first kappa shape index (κ1) is 12.4. The Hall–Kier alpha value is -0.580. The number of hydrogen-bond donors (Lipinski definition) is 0. The Labute approximate surface area is 82.4 Å². The van der Waals surface area contributed by atoms with Crippen LogP contribution in [0.15, 0.2) is 5.18 Å². The maximum atomic E-state index is 11.2. The van der Waals surface area contributed by atoms with Crippen LogP contribution < -0.4 is 0 Å². The van der Waals surface area contributed by atoms with Crippen LogP contribution in [0.4, 0.5) is 0 Å². The Bertz CT molecular complexity index is 173.